The number of ether oxygens (including phenoxy) is 4. The molecule has 0 unspecified atom stereocenters. The van der Waals surface area contributed by atoms with Gasteiger partial charge >= 0.3 is 0 Å². The van der Waals surface area contributed by atoms with Crippen LogP contribution in [0.5, 0.6) is 23.0 Å². The number of amides is 1. The molecule has 0 saturated carbocycles. The first kappa shape index (κ1) is 24.9. The van der Waals surface area contributed by atoms with E-state index in [2.05, 4.69) is 29.8 Å². The van der Waals surface area contributed by atoms with Crippen molar-refractivity contribution in [2.45, 2.75) is 26.9 Å². The monoisotopic (exact) mass is 489 g/mol. The lowest BCUT2D eigenvalue weighted by molar-refractivity contribution is 0.0948. The predicted octanol–water partition coefficient (Wildman–Crippen LogP) is 4.69. The van der Waals surface area contributed by atoms with E-state index in [1.54, 1.807) is 12.1 Å². The highest BCUT2D eigenvalue weighted by atomic mass is 16.5. The predicted molar refractivity (Wildman–Crippen MR) is 138 cm³/mol. The summed E-state index contributed by atoms with van der Waals surface area (Å²) in [5.74, 6) is 2.59. The van der Waals surface area contributed by atoms with Gasteiger partial charge in [0.15, 0.2) is 11.5 Å². The smallest absolute Gasteiger partial charge is 0.251 e. The molecule has 0 aliphatic heterocycles. The number of carbonyl (C=O) groups is 1. The third-order valence-corrected chi connectivity index (χ3v) is 6.19. The Bertz CT molecular complexity index is 1350. The normalized spacial score (nSPS) is 10.8. The molecule has 8 nitrogen and oxygen atoms in total. The largest absolute Gasteiger partial charge is 0.493 e. The van der Waals surface area contributed by atoms with E-state index in [4.69, 9.17) is 23.9 Å². The fourth-order valence-corrected chi connectivity index (χ4v) is 4.11. The van der Waals surface area contributed by atoms with E-state index in [1.807, 2.05) is 36.4 Å². The number of aryl methyl sites for hydroxylation is 1. The molecule has 1 aromatic heterocycles. The number of benzene rings is 3. The summed E-state index contributed by atoms with van der Waals surface area (Å²) >= 11 is 0. The van der Waals surface area contributed by atoms with Crippen molar-refractivity contribution in [3.8, 4) is 23.0 Å². The molecule has 188 valence electrons. The molecule has 1 N–H and O–H groups in total. The number of imidazole rings is 1. The zero-order valence-electron chi connectivity index (χ0n) is 21.3. The van der Waals surface area contributed by atoms with Crippen molar-refractivity contribution in [2.24, 2.45) is 0 Å². The molecule has 1 heterocycles. The zero-order valence-corrected chi connectivity index (χ0v) is 21.3. The number of nitrogens with zero attached hydrogens (tertiary/aromatic N) is 2. The van der Waals surface area contributed by atoms with Crippen molar-refractivity contribution < 1.29 is 23.7 Å². The average molecular weight is 490 g/mol. The van der Waals surface area contributed by atoms with Gasteiger partial charge in [-0.1, -0.05) is 24.3 Å². The Morgan fingerprint density at radius 2 is 1.64 bits per heavy atom. The molecule has 0 radical (unpaired) electrons. The molecule has 4 rings (SSSR count). The highest BCUT2D eigenvalue weighted by molar-refractivity contribution is 5.95. The lowest BCUT2D eigenvalue weighted by Gasteiger charge is -2.15. The summed E-state index contributed by atoms with van der Waals surface area (Å²) in [5.41, 5.74) is 4.56. The molecule has 4 aromatic rings. The first-order chi connectivity index (χ1) is 17.5. The molecule has 0 aliphatic carbocycles. The highest BCUT2D eigenvalue weighted by Crippen LogP contribution is 2.38. The molecule has 0 fully saturated rings. The van der Waals surface area contributed by atoms with Crippen LogP contribution in [-0.4, -0.2) is 43.4 Å². The summed E-state index contributed by atoms with van der Waals surface area (Å²) in [5, 5.41) is 2.97. The average Bonchev–Trinajstić information content (AvgIpc) is 3.26. The van der Waals surface area contributed by atoms with Crippen LogP contribution in [-0.2, 0) is 13.1 Å². The van der Waals surface area contributed by atoms with E-state index in [0.29, 0.717) is 36.0 Å². The molecule has 0 spiro atoms. The van der Waals surface area contributed by atoms with Gasteiger partial charge in [0.05, 0.1) is 45.5 Å². The van der Waals surface area contributed by atoms with Crippen LogP contribution in [0.2, 0.25) is 0 Å². The van der Waals surface area contributed by atoms with Crippen molar-refractivity contribution in [3.05, 3.63) is 77.1 Å². The summed E-state index contributed by atoms with van der Waals surface area (Å²) in [6.45, 7) is 5.43. The third kappa shape index (κ3) is 5.07. The van der Waals surface area contributed by atoms with E-state index in [-0.39, 0.29) is 12.5 Å². The van der Waals surface area contributed by atoms with Gasteiger partial charge in [0, 0.05) is 5.56 Å². The molecule has 8 heteroatoms. The molecule has 1 amide bonds. The number of carbonyl (C=O) groups excluding carboxylic acids is 1. The number of rotatable bonds is 10. The topological polar surface area (TPSA) is 83.8 Å². The van der Waals surface area contributed by atoms with Gasteiger partial charge in [-0.3, -0.25) is 4.79 Å². The number of aromatic nitrogens is 2. The molecule has 0 bridgehead atoms. The Hall–Kier alpha value is -4.20. The van der Waals surface area contributed by atoms with Crippen molar-refractivity contribution in [1.82, 2.24) is 14.9 Å². The van der Waals surface area contributed by atoms with Gasteiger partial charge in [-0.2, -0.15) is 0 Å². The lowest BCUT2D eigenvalue weighted by Crippen LogP contribution is -2.25. The number of hydrogen-bond donors (Lipinski definition) is 1. The molecular formula is C28H31N3O5. The fraction of sp³-hybridized carbons (Fsp3) is 0.286. The SMILES string of the molecule is COc1cc(C(=O)NCc2nc3ccccc3n2CCOc2cccc(C)c2C)cc(OC)c1OC. The van der Waals surface area contributed by atoms with Crippen LogP contribution >= 0.6 is 0 Å². The van der Waals surface area contributed by atoms with E-state index in [1.165, 1.54) is 26.9 Å². The summed E-state index contributed by atoms with van der Waals surface area (Å²) in [6, 6.07) is 17.2. The summed E-state index contributed by atoms with van der Waals surface area (Å²) in [6.07, 6.45) is 0. The van der Waals surface area contributed by atoms with Gasteiger partial charge in [0.25, 0.3) is 5.91 Å². The van der Waals surface area contributed by atoms with Crippen LogP contribution in [0.4, 0.5) is 0 Å². The number of hydrogen-bond acceptors (Lipinski definition) is 6. The van der Waals surface area contributed by atoms with Gasteiger partial charge in [0.2, 0.25) is 5.75 Å². The van der Waals surface area contributed by atoms with Crippen molar-refractivity contribution in [2.75, 3.05) is 27.9 Å². The minimum atomic E-state index is -0.278. The van der Waals surface area contributed by atoms with Crippen molar-refractivity contribution >= 4 is 16.9 Å². The second-order valence-electron chi connectivity index (χ2n) is 8.31. The van der Waals surface area contributed by atoms with E-state index in [9.17, 15) is 4.79 Å². The summed E-state index contributed by atoms with van der Waals surface area (Å²) < 4.78 is 24.3. The maximum absolute atomic E-state index is 13.0. The van der Waals surface area contributed by atoms with Crippen LogP contribution in [0.3, 0.4) is 0 Å². The molecular weight excluding hydrogens is 458 g/mol. The van der Waals surface area contributed by atoms with E-state index >= 15 is 0 Å². The molecule has 0 saturated heterocycles. The lowest BCUT2D eigenvalue weighted by atomic mass is 10.1. The van der Waals surface area contributed by atoms with Gasteiger partial charge in [0.1, 0.15) is 18.2 Å². The van der Waals surface area contributed by atoms with Crippen molar-refractivity contribution in [1.29, 1.82) is 0 Å². The minimum absolute atomic E-state index is 0.244. The Morgan fingerprint density at radius 1 is 0.917 bits per heavy atom. The van der Waals surface area contributed by atoms with Crippen LogP contribution in [0.15, 0.2) is 54.6 Å². The Morgan fingerprint density at radius 3 is 2.33 bits per heavy atom. The van der Waals surface area contributed by atoms with Crippen molar-refractivity contribution in [3.63, 3.8) is 0 Å². The van der Waals surface area contributed by atoms with E-state index in [0.717, 1.165) is 28.2 Å². The Labute approximate surface area is 210 Å². The number of para-hydroxylation sites is 2. The van der Waals surface area contributed by atoms with Crippen LogP contribution in [0.25, 0.3) is 11.0 Å². The van der Waals surface area contributed by atoms with Gasteiger partial charge in [-0.15, -0.1) is 0 Å². The zero-order chi connectivity index (χ0) is 25.7. The third-order valence-electron chi connectivity index (χ3n) is 6.19. The van der Waals surface area contributed by atoms with Gasteiger partial charge < -0.3 is 28.8 Å². The molecule has 3 aromatic carbocycles. The maximum atomic E-state index is 13.0. The first-order valence-corrected chi connectivity index (χ1v) is 11.7. The summed E-state index contributed by atoms with van der Waals surface area (Å²) in [4.78, 5) is 17.8. The molecule has 0 atom stereocenters. The van der Waals surface area contributed by atoms with Gasteiger partial charge in [-0.25, -0.2) is 4.98 Å². The van der Waals surface area contributed by atoms with Gasteiger partial charge in [-0.05, 0) is 55.3 Å². The second-order valence-corrected chi connectivity index (χ2v) is 8.31. The second kappa shape index (κ2) is 11.0. The maximum Gasteiger partial charge on any atom is 0.251 e. The fourth-order valence-electron chi connectivity index (χ4n) is 4.11. The Balaban J connectivity index is 1.52. The van der Waals surface area contributed by atoms with E-state index < -0.39 is 0 Å². The first-order valence-electron chi connectivity index (χ1n) is 11.7. The highest BCUT2D eigenvalue weighted by Gasteiger charge is 2.18. The number of fused-ring (bicyclic) bond motifs is 1. The minimum Gasteiger partial charge on any atom is -0.493 e. The van der Waals surface area contributed by atoms with Crippen LogP contribution in [0.1, 0.15) is 27.3 Å². The number of methoxy groups -OCH3 is 3. The van der Waals surface area contributed by atoms with Crippen LogP contribution < -0.4 is 24.3 Å². The number of nitrogens with one attached hydrogen (secondary N) is 1. The Kier molecular flexibility index (Phi) is 7.63. The van der Waals surface area contributed by atoms with Crippen LogP contribution in [0, 0.1) is 13.8 Å². The summed E-state index contributed by atoms with van der Waals surface area (Å²) in [7, 11) is 4.55. The molecule has 0 aliphatic rings. The molecule has 36 heavy (non-hydrogen) atoms. The quantitative estimate of drug-likeness (QED) is 0.348. The standard InChI is InChI=1S/C28H31N3O5/c1-18-9-8-12-23(19(18)2)36-14-13-31-22-11-7-6-10-21(22)30-26(31)17-29-28(32)20-15-24(33-3)27(35-5)25(16-20)34-4/h6-12,15-16H,13-14,17H2,1-5H3,(H,29,32).